The molecule has 2 aromatic carbocycles. The van der Waals surface area contributed by atoms with E-state index in [9.17, 15) is 4.79 Å². The minimum absolute atomic E-state index is 0.0439. The van der Waals surface area contributed by atoms with E-state index in [0.717, 1.165) is 52.7 Å². The molecule has 32 heavy (non-hydrogen) atoms. The number of hydrogen-bond acceptors (Lipinski definition) is 5. The number of methoxy groups -OCH3 is 2. The Hall–Kier alpha value is -3.32. The summed E-state index contributed by atoms with van der Waals surface area (Å²) in [4.78, 5) is 15.2. The number of anilines is 1. The zero-order valence-electron chi connectivity index (χ0n) is 19.1. The number of carbonyl (C=O) groups excluding carboxylic acids is 1. The maximum atomic E-state index is 13.0. The van der Waals surface area contributed by atoms with Gasteiger partial charge in [0.15, 0.2) is 0 Å². The van der Waals surface area contributed by atoms with Gasteiger partial charge in [0, 0.05) is 18.2 Å². The van der Waals surface area contributed by atoms with Crippen molar-refractivity contribution in [3.8, 4) is 17.2 Å². The molecular formula is C25H30N4O3. The molecule has 1 aliphatic rings. The van der Waals surface area contributed by atoms with Gasteiger partial charge in [0.05, 0.1) is 43.5 Å². The van der Waals surface area contributed by atoms with Crippen LogP contribution in [0.4, 0.5) is 5.69 Å². The number of rotatable bonds is 9. The second-order valence-electron chi connectivity index (χ2n) is 8.16. The van der Waals surface area contributed by atoms with Crippen molar-refractivity contribution in [2.45, 2.75) is 39.3 Å². The van der Waals surface area contributed by atoms with Gasteiger partial charge in [0.2, 0.25) is 5.91 Å². The molecular weight excluding hydrogens is 404 g/mol. The summed E-state index contributed by atoms with van der Waals surface area (Å²) in [6.45, 7) is 4.82. The largest absolute Gasteiger partial charge is 0.497 e. The Morgan fingerprint density at radius 3 is 2.53 bits per heavy atom. The van der Waals surface area contributed by atoms with Crippen molar-refractivity contribution in [3.05, 3.63) is 65.5 Å². The monoisotopic (exact) mass is 434 g/mol. The molecule has 168 valence electrons. The first-order chi connectivity index (χ1) is 15.5. The normalized spacial score (nSPS) is 13.3. The zero-order chi connectivity index (χ0) is 22.7. The number of hydrogen-bond donors (Lipinski definition) is 1. The maximum Gasteiger partial charge on any atom is 0.238 e. The van der Waals surface area contributed by atoms with Gasteiger partial charge in [-0.25, -0.2) is 4.68 Å². The highest BCUT2D eigenvalue weighted by Gasteiger charge is 2.31. The van der Waals surface area contributed by atoms with Gasteiger partial charge in [-0.05, 0) is 57.0 Å². The van der Waals surface area contributed by atoms with Crippen LogP contribution in [0.25, 0.3) is 5.69 Å². The molecule has 1 saturated carbocycles. The lowest BCUT2D eigenvalue weighted by Gasteiger charge is -2.23. The summed E-state index contributed by atoms with van der Waals surface area (Å²) >= 11 is 0. The summed E-state index contributed by atoms with van der Waals surface area (Å²) < 4.78 is 12.8. The summed E-state index contributed by atoms with van der Waals surface area (Å²) in [6, 6.07) is 16.1. The maximum absolute atomic E-state index is 13.0. The van der Waals surface area contributed by atoms with Crippen molar-refractivity contribution in [1.82, 2.24) is 14.7 Å². The first-order valence-corrected chi connectivity index (χ1v) is 10.9. The number of amides is 1. The van der Waals surface area contributed by atoms with Crippen molar-refractivity contribution >= 4 is 11.6 Å². The highest BCUT2D eigenvalue weighted by molar-refractivity contribution is 5.93. The minimum Gasteiger partial charge on any atom is -0.497 e. The van der Waals surface area contributed by atoms with Crippen molar-refractivity contribution in [2.24, 2.45) is 0 Å². The molecule has 1 amide bonds. The molecule has 3 aromatic rings. The first kappa shape index (κ1) is 21.9. The van der Waals surface area contributed by atoms with Crippen LogP contribution in [0.15, 0.2) is 48.5 Å². The van der Waals surface area contributed by atoms with Crippen LogP contribution >= 0.6 is 0 Å². The van der Waals surface area contributed by atoms with Crippen LogP contribution in [0.3, 0.4) is 0 Å². The van der Waals surface area contributed by atoms with Gasteiger partial charge in [0.25, 0.3) is 0 Å². The fourth-order valence-electron chi connectivity index (χ4n) is 3.99. The van der Waals surface area contributed by atoms with Gasteiger partial charge in [0.1, 0.15) is 11.5 Å². The number of para-hydroxylation sites is 1. The summed E-state index contributed by atoms with van der Waals surface area (Å²) in [5.41, 5.74) is 4.46. The lowest BCUT2D eigenvalue weighted by molar-refractivity contribution is -0.117. The number of ether oxygens (including phenoxy) is 2. The van der Waals surface area contributed by atoms with E-state index < -0.39 is 0 Å². The number of nitrogens with one attached hydrogen (secondary N) is 1. The van der Waals surface area contributed by atoms with Gasteiger partial charge in [-0.2, -0.15) is 5.10 Å². The summed E-state index contributed by atoms with van der Waals surface area (Å²) in [6.07, 6.45) is 2.20. The molecule has 0 spiro atoms. The third-order valence-electron chi connectivity index (χ3n) is 5.83. The zero-order valence-corrected chi connectivity index (χ0v) is 19.1. The predicted octanol–water partition coefficient (Wildman–Crippen LogP) is 4.11. The highest BCUT2D eigenvalue weighted by atomic mass is 16.5. The van der Waals surface area contributed by atoms with Gasteiger partial charge in [-0.1, -0.05) is 18.2 Å². The first-order valence-electron chi connectivity index (χ1n) is 10.9. The Morgan fingerprint density at radius 2 is 1.88 bits per heavy atom. The standard InChI is InChI=1S/C25H30N4O3/c1-17-25(18(2)29(27-17)21-8-6-5-7-9-21)26-24(30)16-28(20-10-11-20)15-19-14-22(31-3)12-13-23(19)32-4/h5-9,12-14,20H,10-11,15-16H2,1-4H3,(H,26,30). The van der Waals surface area contributed by atoms with Crippen LogP contribution in [-0.4, -0.2) is 47.4 Å². The topological polar surface area (TPSA) is 68.6 Å². The Morgan fingerprint density at radius 1 is 1.12 bits per heavy atom. The fraction of sp³-hybridized carbons (Fsp3) is 0.360. The smallest absolute Gasteiger partial charge is 0.238 e. The van der Waals surface area contributed by atoms with E-state index in [2.05, 4.69) is 15.3 Å². The molecule has 1 aromatic heterocycles. The number of benzene rings is 2. The van der Waals surface area contributed by atoms with E-state index in [1.807, 2.05) is 67.1 Å². The predicted molar refractivity (Wildman–Crippen MR) is 125 cm³/mol. The number of aryl methyl sites for hydroxylation is 1. The van der Waals surface area contributed by atoms with Crippen LogP contribution in [0.1, 0.15) is 29.8 Å². The molecule has 0 aliphatic heterocycles. The van der Waals surface area contributed by atoms with Gasteiger partial charge >= 0.3 is 0 Å². The van der Waals surface area contributed by atoms with E-state index in [1.54, 1.807) is 14.2 Å². The molecule has 0 atom stereocenters. The fourth-order valence-corrected chi connectivity index (χ4v) is 3.99. The quantitative estimate of drug-likeness (QED) is 0.549. The second kappa shape index (κ2) is 9.44. The molecule has 4 rings (SSSR count). The molecule has 0 saturated heterocycles. The van der Waals surface area contributed by atoms with Crippen LogP contribution in [0.5, 0.6) is 11.5 Å². The van der Waals surface area contributed by atoms with Gasteiger partial charge < -0.3 is 14.8 Å². The van der Waals surface area contributed by atoms with Crippen LogP contribution in [0, 0.1) is 13.8 Å². The number of carbonyl (C=O) groups is 1. The van der Waals surface area contributed by atoms with Crippen molar-refractivity contribution in [1.29, 1.82) is 0 Å². The molecule has 1 aliphatic carbocycles. The number of aromatic nitrogens is 2. The average molecular weight is 435 g/mol. The minimum atomic E-state index is -0.0439. The third kappa shape index (κ3) is 4.78. The summed E-state index contributed by atoms with van der Waals surface area (Å²) in [7, 11) is 3.31. The molecule has 0 unspecified atom stereocenters. The Bertz CT molecular complexity index is 1090. The van der Waals surface area contributed by atoms with E-state index in [-0.39, 0.29) is 5.91 Å². The molecule has 1 fully saturated rings. The molecule has 1 N–H and O–H groups in total. The van der Waals surface area contributed by atoms with Crippen LogP contribution < -0.4 is 14.8 Å². The Balaban J connectivity index is 1.49. The van der Waals surface area contributed by atoms with Crippen LogP contribution in [0.2, 0.25) is 0 Å². The Kier molecular flexibility index (Phi) is 6.46. The van der Waals surface area contributed by atoms with E-state index in [1.165, 1.54) is 0 Å². The highest BCUT2D eigenvalue weighted by Crippen LogP contribution is 2.32. The summed E-state index contributed by atoms with van der Waals surface area (Å²) in [5.74, 6) is 1.53. The van der Waals surface area contributed by atoms with Gasteiger partial charge in [-0.15, -0.1) is 0 Å². The number of nitrogens with zero attached hydrogens (tertiary/aromatic N) is 3. The van der Waals surface area contributed by atoms with E-state index in [4.69, 9.17) is 9.47 Å². The second-order valence-corrected chi connectivity index (χ2v) is 8.16. The van der Waals surface area contributed by atoms with E-state index in [0.29, 0.717) is 19.1 Å². The van der Waals surface area contributed by atoms with Crippen molar-refractivity contribution in [3.63, 3.8) is 0 Å². The molecule has 7 heteroatoms. The third-order valence-corrected chi connectivity index (χ3v) is 5.83. The molecule has 1 heterocycles. The lowest BCUT2D eigenvalue weighted by atomic mass is 10.1. The summed E-state index contributed by atoms with van der Waals surface area (Å²) in [5, 5.41) is 7.73. The van der Waals surface area contributed by atoms with Gasteiger partial charge in [-0.3, -0.25) is 9.69 Å². The van der Waals surface area contributed by atoms with Crippen molar-refractivity contribution < 1.29 is 14.3 Å². The molecule has 0 radical (unpaired) electrons. The SMILES string of the molecule is COc1ccc(OC)c(CN(CC(=O)Nc2c(C)nn(-c3ccccc3)c2C)C2CC2)c1. The van der Waals surface area contributed by atoms with Crippen molar-refractivity contribution in [2.75, 3.05) is 26.1 Å². The van der Waals surface area contributed by atoms with E-state index >= 15 is 0 Å². The Labute approximate surface area is 188 Å². The lowest BCUT2D eigenvalue weighted by Crippen LogP contribution is -2.34. The van der Waals surface area contributed by atoms with Crippen LogP contribution in [-0.2, 0) is 11.3 Å². The average Bonchev–Trinajstić information content (AvgIpc) is 3.62. The molecule has 7 nitrogen and oxygen atoms in total. The molecule has 0 bridgehead atoms.